The minimum Gasteiger partial charge on any atom is -0.394 e. The van der Waals surface area contributed by atoms with Crippen molar-refractivity contribution in [2.24, 2.45) is 0 Å². The van der Waals surface area contributed by atoms with E-state index in [1.54, 1.807) is 23.1 Å². The number of amides is 1. The zero-order valence-electron chi connectivity index (χ0n) is 10.8. The Bertz CT molecular complexity index is 473. The van der Waals surface area contributed by atoms with Gasteiger partial charge in [0.25, 0.3) is 0 Å². The van der Waals surface area contributed by atoms with Gasteiger partial charge in [-0.1, -0.05) is 12.1 Å². The molecule has 2 rings (SSSR count). The van der Waals surface area contributed by atoms with Gasteiger partial charge >= 0.3 is 0 Å². The van der Waals surface area contributed by atoms with Crippen molar-refractivity contribution in [2.75, 3.05) is 13.2 Å². The van der Waals surface area contributed by atoms with Gasteiger partial charge in [-0.2, -0.15) is 0 Å². The molecule has 3 nitrogen and oxygen atoms in total. The van der Waals surface area contributed by atoms with Crippen molar-refractivity contribution in [2.45, 2.75) is 25.3 Å². The lowest BCUT2D eigenvalue weighted by Crippen LogP contribution is -2.44. The highest BCUT2D eigenvalue weighted by atomic mass is 19.1. The van der Waals surface area contributed by atoms with Gasteiger partial charge in [-0.25, -0.2) is 4.39 Å². The molecule has 0 saturated carbocycles. The number of rotatable bonds is 3. The standard InChI is InChI=1S/C15H18FNO2/c16-13-5-3-4-12(10-13)7-8-15(19)17-9-2-1-6-14(17)11-18/h3-5,7-8,10,14,18H,1-2,6,9,11H2/b8-7+. The molecule has 1 atom stereocenters. The molecule has 102 valence electrons. The van der Waals surface area contributed by atoms with Gasteiger partial charge in [0.05, 0.1) is 12.6 Å². The van der Waals surface area contributed by atoms with Crippen LogP contribution >= 0.6 is 0 Å². The highest BCUT2D eigenvalue weighted by molar-refractivity contribution is 5.92. The highest BCUT2D eigenvalue weighted by Gasteiger charge is 2.24. The second-order valence-electron chi connectivity index (χ2n) is 4.75. The van der Waals surface area contributed by atoms with E-state index in [0.717, 1.165) is 19.3 Å². The molecule has 1 saturated heterocycles. The Morgan fingerprint density at radius 1 is 1.47 bits per heavy atom. The first-order valence-electron chi connectivity index (χ1n) is 6.56. The van der Waals surface area contributed by atoms with Crippen LogP contribution in [0.2, 0.25) is 0 Å². The lowest BCUT2D eigenvalue weighted by Gasteiger charge is -2.33. The number of benzene rings is 1. The monoisotopic (exact) mass is 263 g/mol. The minimum atomic E-state index is -0.319. The predicted octanol–water partition coefficient (Wildman–Crippen LogP) is 2.21. The van der Waals surface area contributed by atoms with Gasteiger partial charge in [0.1, 0.15) is 5.82 Å². The molecule has 1 heterocycles. The highest BCUT2D eigenvalue weighted by Crippen LogP contribution is 2.17. The Hall–Kier alpha value is -1.68. The Balaban J connectivity index is 2.03. The van der Waals surface area contributed by atoms with E-state index in [2.05, 4.69) is 0 Å². The van der Waals surface area contributed by atoms with Gasteiger partial charge in [0.2, 0.25) is 5.91 Å². The summed E-state index contributed by atoms with van der Waals surface area (Å²) in [7, 11) is 0. The maximum absolute atomic E-state index is 13.0. The summed E-state index contributed by atoms with van der Waals surface area (Å²) in [6, 6.07) is 6.01. The molecule has 4 heteroatoms. The Morgan fingerprint density at radius 3 is 3.05 bits per heavy atom. The smallest absolute Gasteiger partial charge is 0.246 e. The zero-order valence-corrected chi connectivity index (χ0v) is 10.8. The van der Waals surface area contributed by atoms with Crippen LogP contribution in [0.15, 0.2) is 30.3 Å². The molecule has 1 unspecified atom stereocenters. The summed E-state index contributed by atoms with van der Waals surface area (Å²) in [4.78, 5) is 13.8. The van der Waals surface area contributed by atoms with Crippen molar-refractivity contribution in [1.29, 1.82) is 0 Å². The molecular formula is C15H18FNO2. The summed E-state index contributed by atoms with van der Waals surface area (Å²) < 4.78 is 13.0. The molecule has 0 radical (unpaired) electrons. The van der Waals surface area contributed by atoms with E-state index in [1.807, 2.05) is 0 Å². The third kappa shape index (κ3) is 3.64. The molecule has 0 spiro atoms. The number of aliphatic hydroxyl groups excluding tert-OH is 1. The summed E-state index contributed by atoms with van der Waals surface area (Å²) >= 11 is 0. The summed E-state index contributed by atoms with van der Waals surface area (Å²) in [5, 5.41) is 9.26. The van der Waals surface area contributed by atoms with Gasteiger partial charge < -0.3 is 10.0 Å². The molecule has 0 aromatic heterocycles. The first-order valence-corrected chi connectivity index (χ1v) is 6.56. The van der Waals surface area contributed by atoms with Crippen molar-refractivity contribution >= 4 is 12.0 Å². The van der Waals surface area contributed by atoms with E-state index in [4.69, 9.17) is 0 Å². The number of halogens is 1. The van der Waals surface area contributed by atoms with Crippen LogP contribution in [0.3, 0.4) is 0 Å². The molecule has 1 amide bonds. The molecule has 0 aliphatic carbocycles. The third-order valence-electron chi connectivity index (χ3n) is 3.39. The normalized spacial score (nSPS) is 19.9. The van der Waals surface area contributed by atoms with E-state index in [9.17, 15) is 14.3 Å². The minimum absolute atomic E-state index is 0.000451. The van der Waals surface area contributed by atoms with E-state index < -0.39 is 0 Å². The van der Waals surface area contributed by atoms with Crippen LogP contribution in [0.4, 0.5) is 4.39 Å². The van der Waals surface area contributed by atoms with Crippen LogP contribution in [0.1, 0.15) is 24.8 Å². The lowest BCUT2D eigenvalue weighted by molar-refractivity contribution is -0.130. The first-order chi connectivity index (χ1) is 9.20. The van der Waals surface area contributed by atoms with Crippen LogP contribution in [-0.2, 0) is 4.79 Å². The van der Waals surface area contributed by atoms with Crippen LogP contribution in [-0.4, -0.2) is 35.1 Å². The maximum atomic E-state index is 13.0. The number of aliphatic hydroxyl groups is 1. The average molecular weight is 263 g/mol. The molecule has 1 N–H and O–H groups in total. The maximum Gasteiger partial charge on any atom is 0.246 e. The summed E-state index contributed by atoms with van der Waals surface area (Å²) in [6.45, 7) is 0.678. The van der Waals surface area contributed by atoms with Crippen LogP contribution in [0, 0.1) is 5.82 Å². The molecule has 1 aliphatic rings. The molecule has 1 aromatic carbocycles. The fourth-order valence-electron chi connectivity index (χ4n) is 2.35. The van der Waals surface area contributed by atoms with Gasteiger partial charge in [0, 0.05) is 12.6 Å². The molecular weight excluding hydrogens is 245 g/mol. The van der Waals surface area contributed by atoms with Crippen molar-refractivity contribution in [3.63, 3.8) is 0 Å². The molecule has 1 aromatic rings. The first kappa shape index (κ1) is 13.7. The SMILES string of the molecule is O=C(/C=C/c1cccc(F)c1)N1CCCCC1CO. The van der Waals surface area contributed by atoms with E-state index in [-0.39, 0.29) is 24.4 Å². The largest absolute Gasteiger partial charge is 0.394 e. The van der Waals surface area contributed by atoms with Gasteiger partial charge in [-0.15, -0.1) is 0 Å². The average Bonchev–Trinajstić information content (AvgIpc) is 2.45. The predicted molar refractivity (Wildman–Crippen MR) is 71.9 cm³/mol. The number of nitrogens with zero attached hydrogens (tertiary/aromatic N) is 1. The third-order valence-corrected chi connectivity index (χ3v) is 3.39. The Kier molecular flexibility index (Phi) is 4.68. The van der Waals surface area contributed by atoms with Crippen molar-refractivity contribution in [3.8, 4) is 0 Å². The second kappa shape index (κ2) is 6.48. The fourth-order valence-corrected chi connectivity index (χ4v) is 2.35. The van der Waals surface area contributed by atoms with E-state index in [1.165, 1.54) is 18.2 Å². The molecule has 1 fully saturated rings. The quantitative estimate of drug-likeness (QED) is 0.849. The summed E-state index contributed by atoms with van der Waals surface area (Å²) in [5.41, 5.74) is 0.658. The van der Waals surface area contributed by atoms with Crippen LogP contribution < -0.4 is 0 Å². The molecule has 0 bridgehead atoms. The van der Waals surface area contributed by atoms with Gasteiger partial charge in [0.15, 0.2) is 0 Å². The lowest BCUT2D eigenvalue weighted by atomic mass is 10.0. The fraction of sp³-hybridized carbons (Fsp3) is 0.400. The Labute approximate surface area is 112 Å². The summed E-state index contributed by atoms with van der Waals surface area (Å²) in [5.74, 6) is -0.441. The molecule has 19 heavy (non-hydrogen) atoms. The molecule has 1 aliphatic heterocycles. The summed E-state index contributed by atoms with van der Waals surface area (Å²) in [6.07, 6.45) is 5.91. The zero-order chi connectivity index (χ0) is 13.7. The second-order valence-corrected chi connectivity index (χ2v) is 4.75. The van der Waals surface area contributed by atoms with Gasteiger partial charge in [-0.05, 0) is 43.0 Å². The van der Waals surface area contributed by atoms with Crippen molar-refractivity contribution in [1.82, 2.24) is 4.90 Å². The number of hydrogen-bond donors (Lipinski definition) is 1. The van der Waals surface area contributed by atoms with Gasteiger partial charge in [-0.3, -0.25) is 4.79 Å². The van der Waals surface area contributed by atoms with E-state index >= 15 is 0 Å². The number of likely N-dealkylation sites (tertiary alicyclic amines) is 1. The number of carbonyl (C=O) groups is 1. The topological polar surface area (TPSA) is 40.5 Å². The number of carbonyl (C=O) groups excluding carboxylic acids is 1. The number of hydrogen-bond acceptors (Lipinski definition) is 2. The van der Waals surface area contributed by atoms with Crippen molar-refractivity contribution < 1.29 is 14.3 Å². The van der Waals surface area contributed by atoms with E-state index in [0.29, 0.717) is 12.1 Å². The van der Waals surface area contributed by atoms with Crippen LogP contribution in [0.5, 0.6) is 0 Å². The number of piperidine rings is 1. The van der Waals surface area contributed by atoms with Crippen molar-refractivity contribution in [3.05, 3.63) is 41.7 Å². The Morgan fingerprint density at radius 2 is 2.32 bits per heavy atom. The van der Waals surface area contributed by atoms with Crippen LogP contribution in [0.25, 0.3) is 6.08 Å².